The highest BCUT2D eigenvalue weighted by atomic mass is 19.1. The molecule has 4 rings (SSSR count). The zero-order valence-electron chi connectivity index (χ0n) is 14.3. The number of hydrogen-bond acceptors (Lipinski definition) is 7. The summed E-state index contributed by atoms with van der Waals surface area (Å²) in [4.78, 5) is 14.1. The van der Waals surface area contributed by atoms with Crippen LogP contribution in [0.25, 0.3) is 0 Å². The number of benzene rings is 1. The molecule has 0 saturated carbocycles. The first-order valence-corrected chi connectivity index (χ1v) is 8.08. The van der Waals surface area contributed by atoms with Crippen LogP contribution >= 0.6 is 0 Å². The Hall–Kier alpha value is -3.50. The lowest BCUT2D eigenvalue weighted by Crippen LogP contribution is -2.36. The second-order valence-electron chi connectivity index (χ2n) is 6.47. The van der Waals surface area contributed by atoms with E-state index in [4.69, 9.17) is 9.47 Å². The van der Waals surface area contributed by atoms with E-state index in [2.05, 4.69) is 15.3 Å². The van der Waals surface area contributed by atoms with Crippen molar-refractivity contribution in [1.82, 2.24) is 24.5 Å². The van der Waals surface area contributed by atoms with Gasteiger partial charge in [-0.05, 0) is 24.0 Å². The first-order chi connectivity index (χ1) is 12.9. The van der Waals surface area contributed by atoms with Gasteiger partial charge >= 0.3 is 11.8 Å². The van der Waals surface area contributed by atoms with Crippen LogP contribution in [0, 0.1) is 15.9 Å². The van der Waals surface area contributed by atoms with Gasteiger partial charge in [0, 0.05) is 11.1 Å². The maximum atomic E-state index is 13.2. The standard InChI is InChI=1S/C16H15FN6O4/c1-16(9-21-7-14(23(24)25)18-15(21)27-16)10-22-6-12(19-20-22)8-26-13-4-2-3-11(17)5-13/h2-7H,8-10H2,1H3. The third-order valence-corrected chi connectivity index (χ3v) is 4.02. The van der Waals surface area contributed by atoms with E-state index in [0.29, 0.717) is 24.5 Å². The normalized spacial score (nSPS) is 18.1. The quantitative estimate of drug-likeness (QED) is 0.479. The number of imidazole rings is 1. The molecule has 3 heterocycles. The number of nitro groups is 1. The number of aromatic nitrogens is 5. The highest BCUT2D eigenvalue weighted by Crippen LogP contribution is 2.31. The van der Waals surface area contributed by atoms with Crippen LogP contribution in [-0.2, 0) is 19.7 Å². The van der Waals surface area contributed by atoms with Gasteiger partial charge in [0.15, 0.2) is 0 Å². The van der Waals surface area contributed by atoms with E-state index in [-0.39, 0.29) is 24.3 Å². The molecule has 0 fully saturated rings. The predicted octanol–water partition coefficient (Wildman–Crippen LogP) is 1.95. The molecule has 140 valence electrons. The molecule has 11 heteroatoms. The largest absolute Gasteiger partial charge is 0.487 e. The van der Waals surface area contributed by atoms with Gasteiger partial charge in [0.05, 0.1) is 19.3 Å². The fraction of sp³-hybridized carbons (Fsp3) is 0.312. The number of nitrogens with zero attached hydrogens (tertiary/aromatic N) is 6. The molecule has 1 aliphatic rings. The Bertz CT molecular complexity index is 977. The minimum absolute atomic E-state index is 0.148. The highest BCUT2D eigenvalue weighted by Gasteiger charge is 2.40. The third kappa shape index (κ3) is 3.57. The van der Waals surface area contributed by atoms with E-state index < -0.39 is 10.5 Å². The molecule has 1 aromatic carbocycles. The van der Waals surface area contributed by atoms with Gasteiger partial charge in [-0.3, -0.25) is 4.57 Å². The summed E-state index contributed by atoms with van der Waals surface area (Å²) >= 11 is 0. The Balaban J connectivity index is 1.37. The van der Waals surface area contributed by atoms with Crippen LogP contribution in [0.3, 0.4) is 0 Å². The van der Waals surface area contributed by atoms with Crippen molar-refractivity contribution in [2.45, 2.75) is 32.2 Å². The van der Waals surface area contributed by atoms with Gasteiger partial charge in [-0.15, -0.1) is 5.10 Å². The van der Waals surface area contributed by atoms with Crippen LogP contribution in [0.1, 0.15) is 12.6 Å². The van der Waals surface area contributed by atoms with E-state index in [1.54, 1.807) is 27.6 Å². The first kappa shape index (κ1) is 16.9. The van der Waals surface area contributed by atoms with Crippen LogP contribution in [0.5, 0.6) is 11.8 Å². The zero-order chi connectivity index (χ0) is 19.0. The second-order valence-corrected chi connectivity index (χ2v) is 6.47. The number of fused-ring (bicyclic) bond motifs is 1. The van der Waals surface area contributed by atoms with E-state index in [1.807, 2.05) is 6.92 Å². The molecular weight excluding hydrogens is 359 g/mol. The van der Waals surface area contributed by atoms with Crippen molar-refractivity contribution in [3.63, 3.8) is 0 Å². The number of halogens is 1. The molecule has 0 spiro atoms. The zero-order valence-corrected chi connectivity index (χ0v) is 14.3. The van der Waals surface area contributed by atoms with Gasteiger partial charge in [-0.2, -0.15) is 0 Å². The van der Waals surface area contributed by atoms with E-state index in [0.717, 1.165) is 0 Å². The molecule has 1 aliphatic heterocycles. The third-order valence-electron chi connectivity index (χ3n) is 4.02. The highest BCUT2D eigenvalue weighted by molar-refractivity contribution is 5.24. The lowest BCUT2D eigenvalue weighted by Gasteiger charge is -2.21. The molecule has 3 aromatic rings. The van der Waals surface area contributed by atoms with E-state index >= 15 is 0 Å². The Labute approximate surface area is 152 Å². The minimum Gasteiger partial charge on any atom is -0.487 e. The van der Waals surface area contributed by atoms with Crippen LogP contribution < -0.4 is 9.47 Å². The molecule has 27 heavy (non-hydrogen) atoms. The summed E-state index contributed by atoms with van der Waals surface area (Å²) < 4.78 is 27.6. The van der Waals surface area contributed by atoms with Crippen LogP contribution in [0.2, 0.25) is 0 Å². The second kappa shape index (κ2) is 6.34. The molecule has 0 amide bonds. The maximum Gasteiger partial charge on any atom is 0.415 e. The molecular formula is C16H15FN6O4. The summed E-state index contributed by atoms with van der Waals surface area (Å²) in [6, 6.07) is 6.05. The first-order valence-electron chi connectivity index (χ1n) is 8.08. The number of ether oxygens (including phenoxy) is 2. The summed E-state index contributed by atoms with van der Waals surface area (Å²) in [6.45, 7) is 2.78. The molecule has 0 aliphatic carbocycles. The van der Waals surface area contributed by atoms with Crippen molar-refractivity contribution < 1.29 is 18.8 Å². The van der Waals surface area contributed by atoms with E-state index in [9.17, 15) is 14.5 Å². The molecule has 1 atom stereocenters. The molecule has 10 nitrogen and oxygen atoms in total. The summed E-state index contributed by atoms with van der Waals surface area (Å²) in [6.07, 6.45) is 3.05. The smallest absolute Gasteiger partial charge is 0.415 e. The Morgan fingerprint density at radius 3 is 3.04 bits per heavy atom. The van der Waals surface area contributed by atoms with Crippen molar-refractivity contribution in [2.24, 2.45) is 0 Å². The summed E-state index contributed by atoms with van der Waals surface area (Å²) in [5, 5.41) is 18.8. The van der Waals surface area contributed by atoms with E-state index in [1.165, 1.54) is 18.3 Å². The van der Waals surface area contributed by atoms with Crippen molar-refractivity contribution in [1.29, 1.82) is 0 Å². The van der Waals surface area contributed by atoms with Gasteiger partial charge in [0.25, 0.3) is 0 Å². The van der Waals surface area contributed by atoms with Gasteiger partial charge in [-0.25, -0.2) is 9.07 Å². The average Bonchev–Trinajstić information content (AvgIpc) is 3.26. The molecule has 0 radical (unpaired) electrons. The van der Waals surface area contributed by atoms with Crippen LogP contribution in [-0.4, -0.2) is 35.1 Å². The number of rotatable bonds is 6. The van der Waals surface area contributed by atoms with Crippen LogP contribution in [0.15, 0.2) is 36.7 Å². The monoisotopic (exact) mass is 374 g/mol. The Morgan fingerprint density at radius 2 is 2.30 bits per heavy atom. The van der Waals surface area contributed by atoms with Crippen LogP contribution in [0.4, 0.5) is 10.2 Å². The molecule has 0 N–H and O–H groups in total. The van der Waals surface area contributed by atoms with Gasteiger partial charge < -0.3 is 19.6 Å². The minimum atomic E-state index is -0.661. The van der Waals surface area contributed by atoms with Crippen molar-refractivity contribution in [3.8, 4) is 11.8 Å². The fourth-order valence-corrected chi connectivity index (χ4v) is 2.90. The fourth-order valence-electron chi connectivity index (χ4n) is 2.90. The van der Waals surface area contributed by atoms with Crippen molar-refractivity contribution in [3.05, 3.63) is 58.3 Å². The lowest BCUT2D eigenvalue weighted by atomic mass is 10.1. The van der Waals surface area contributed by atoms with Gasteiger partial charge in [0.2, 0.25) is 0 Å². The van der Waals surface area contributed by atoms with Crippen molar-refractivity contribution in [2.75, 3.05) is 0 Å². The molecule has 0 bridgehead atoms. The summed E-state index contributed by atoms with van der Waals surface area (Å²) in [5.74, 6) is -0.215. The summed E-state index contributed by atoms with van der Waals surface area (Å²) in [7, 11) is 0. The average molecular weight is 374 g/mol. The number of hydrogen-bond donors (Lipinski definition) is 0. The van der Waals surface area contributed by atoms with Gasteiger partial charge in [0.1, 0.15) is 35.7 Å². The lowest BCUT2D eigenvalue weighted by molar-refractivity contribution is -0.389. The Kier molecular flexibility index (Phi) is 3.98. The molecule has 1 unspecified atom stereocenters. The molecule has 0 saturated heterocycles. The Morgan fingerprint density at radius 1 is 1.44 bits per heavy atom. The topological polar surface area (TPSA) is 110 Å². The maximum absolute atomic E-state index is 13.2. The molecule has 2 aromatic heterocycles. The SMILES string of the molecule is CC1(Cn2cc(COc3cccc(F)c3)nn2)Cn2cc([N+](=O)[O-])nc2O1. The predicted molar refractivity (Wildman–Crippen MR) is 88.7 cm³/mol. The van der Waals surface area contributed by atoms with Gasteiger partial charge in [-0.1, -0.05) is 11.3 Å². The van der Waals surface area contributed by atoms with Crippen molar-refractivity contribution >= 4 is 5.82 Å². The summed E-state index contributed by atoms with van der Waals surface area (Å²) in [5.41, 5.74) is -0.0829.